The van der Waals surface area contributed by atoms with Gasteiger partial charge in [-0.15, -0.1) is 0 Å². The lowest BCUT2D eigenvalue weighted by Gasteiger charge is -2.31. The Morgan fingerprint density at radius 1 is 1.10 bits per heavy atom. The summed E-state index contributed by atoms with van der Waals surface area (Å²) in [5.74, 6) is -1.70. The summed E-state index contributed by atoms with van der Waals surface area (Å²) in [4.78, 5) is 11.6. The first-order valence-electron chi connectivity index (χ1n) is 9.85. The van der Waals surface area contributed by atoms with Crippen LogP contribution in [0.3, 0.4) is 0 Å². The van der Waals surface area contributed by atoms with Crippen LogP contribution in [0, 0.1) is 11.6 Å². The van der Waals surface area contributed by atoms with Crippen molar-refractivity contribution >= 4 is 5.91 Å². The van der Waals surface area contributed by atoms with Crippen LogP contribution in [0.15, 0.2) is 42.5 Å². The van der Waals surface area contributed by atoms with Crippen LogP contribution in [0.4, 0.5) is 8.78 Å². The average molecular weight is 405 g/mol. The maximum absolute atomic E-state index is 13.5. The molecular weight excluding hydrogens is 374 g/mol. The molecule has 0 aliphatic rings. The zero-order valence-corrected chi connectivity index (χ0v) is 17.4. The van der Waals surface area contributed by atoms with E-state index in [1.54, 1.807) is 0 Å². The van der Waals surface area contributed by atoms with Crippen molar-refractivity contribution in [1.82, 2.24) is 10.6 Å². The van der Waals surface area contributed by atoms with Gasteiger partial charge >= 0.3 is 0 Å². The number of hydrogen-bond acceptors (Lipinski definition) is 3. The van der Waals surface area contributed by atoms with Gasteiger partial charge in [0.25, 0.3) is 0 Å². The highest BCUT2D eigenvalue weighted by atomic mass is 19.1. The molecule has 158 valence electrons. The van der Waals surface area contributed by atoms with Crippen LogP contribution in [0.5, 0.6) is 0 Å². The maximum Gasteiger partial charge on any atom is 0.217 e. The highest BCUT2D eigenvalue weighted by Crippen LogP contribution is 2.21. The Morgan fingerprint density at radius 3 is 2.34 bits per heavy atom. The second-order valence-corrected chi connectivity index (χ2v) is 7.92. The standard InChI is InChI=1S/C23H30F2N2O2/c1-5-16-7-6-8-18(9-16)23(3,4)26-14-22(29)21(27-15(2)28)12-17-10-19(24)13-20(25)11-17/h6-11,13,21-22,26,29H,5,12,14H2,1-4H3,(H,27,28)/t21-,22+/m0/s1. The number of carbonyl (C=O) groups excluding carboxylic acids is 1. The molecule has 0 aliphatic carbocycles. The van der Waals surface area contributed by atoms with E-state index in [9.17, 15) is 18.7 Å². The molecule has 0 aromatic heterocycles. The van der Waals surface area contributed by atoms with Crippen LogP contribution in [0.25, 0.3) is 0 Å². The van der Waals surface area contributed by atoms with Crippen molar-refractivity contribution in [2.24, 2.45) is 0 Å². The molecule has 6 heteroatoms. The van der Waals surface area contributed by atoms with Gasteiger partial charge in [-0.1, -0.05) is 31.2 Å². The topological polar surface area (TPSA) is 61.4 Å². The van der Waals surface area contributed by atoms with Crippen LogP contribution < -0.4 is 10.6 Å². The summed E-state index contributed by atoms with van der Waals surface area (Å²) in [6, 6.07) is 10.8. The van der Waals surface area contributed by atoms with Gasteiger partial charge in [-0.25, -0.2) is 8.78 Å². The molecule has 3 N–H and O–H groups in total. The first kappa shape index (κ1) is 23.0. The molecule has 0 aliphatic heterocycles. The van der Waals surface area contributed by atoms with Gasteiger partial charge in [-0.3, -0.25) is 4.79 Å². The lowest BCUT2D eigenvalue weighted by molar-refractivity contribution is -0.120. The van der Waals surface area contributed by atoms with Crippen LogP contribution in [0.2, 0.25) is 0 Å². The zero-order valence-electron chi connectivity index (χ0n) is 17.4. The number of carbonyl (C=O) groups is 1. The molecule has 0 unspecified atom stereocenters. The Kier molecular flexibility index (Phi) is 7.88. The first-order valence-corrected chi connectivity index (χ1v) is 9.85. The SMILES string of the molecule is CCc1cccc(C(C)(C)NC[C@@H](O)[C@H](Cc2cc(F)cc(F)c2)NC(C)=O)c1. The minimum atomic E-state index is -0.945. The normalized spacial score (nSPS) is 13.8. The van der Waals surface area contributed by atoms with Gasteiger partial charge in [0.05, 0.1) is 12.1 Å². The van der Waals surface area contributed by atoms with Crippen molar-refractivity contribution in [3.05, 3.63) is 70.8 Å². The number of aliphatic hydroxyl groups is 1. The highest BCUT2D eigenvalue weighted by Gasteiger charge is 2.26. The van der Waals surface area contributed by atoms with E-state index in [4.69, 9.17) is 0 Å². The zero-order chi connectivity index (χ0) is 21.6. The summed E-state index contributed by atoms with van der Waals surface area (Å²) in [5.41, 5.74) is 2.28. The largest absolute Gasteiger partial charge is 0.390 e. The lowest BCUT2D eigenvalue weighted by atomic mass is 9.91. The number of hydrogen-bond donors (Lipinski definition) is 3. The molecule has 2 rings (SSSR count). The molecule has 0 saturated heterocycles. The molecule has 0 heterocycles. The van der Waals surface area contributed by atoms with E-state index < -0.39 is 29.3 Å². The molecule has 0 saturated carbocycles. The number of aryl methyl sites for hydroxylation is 1. The third-order valence-electron chi connectivity index (χ3n) is 5.04. The second kappa shape index (κ2) is 9.94. The summed E-state index contributed by atoms with van der Waals surface area (Å²) in [6.07, 6.45) is 0.100. The number of rotatable bonds is 9. The smallest absolute Gasteiger partial charge is 0.217 e. The van der Waals surface area contributed by atoms with Crippen molar-refractivity contribution in [2.45, 2.75) is 58.2 Å². The Morgan fingerprint density at radius 2 is 1.76 bits per heavy atom. The predicted octanol–water partition coefficient (Wildman–Crippen LogP) is 3.46. The molecule has 1 amide bonds. The Bertz CT molecular complexity index is 819. The van der Waals surface area contributed by atoms with Gasteiger partial charge in [0.1, 0.15) is 11.6 Å². The third kappa shape index (κ3) is 6.91. The van der Waals surface area contributed by atoms with E-state index in [-0.39, 0.29) is 18.9 Å². The quantitative estimate of drug-likeness (QED) is 0.600. The lowest BCUT2D eigenvalue weighted by Crippen LogP contribution is -2.51. The van der Waals surface area contributed by atoms with Crippen molar-refractivity contribution in [2.75, 3.05) is 6.54 Å². The van der Waals surface area contributed by atoms with Crippen molar-refractivity contribution in [1.29, 1.82) is 0 Å². The molecule has 29 heavy (non-hydrogen) atoms. The van der Waals surface area contributed by atoms with E-state index in [1.165, 1.54) is 24.6 Å². The molecule has 2 aromatic rings. The van der Waals surface area contributed by atoms with Gasteiger partial charge in [0.15, 0.2) is 0 Å². The molecular formula is C23H30F2N2O2. The number of amides is 1. The number of nitrogens with one attached hydrogen (secondary N) is 2. The third-order valence-corrected chi connectivity index (χ3v) is 5.04. The van der Waals surface area contributed by atoms with Gasteiger partial charge in [0, 0.05) is 25.1 Å². The fraction of sp³-hybridized carbons (Fsp3) is 0.435. The first-order chi connectivity index (χ1) is 13.6. The minimum absolute atomic E-state index is 0.114. The second-order valence-electron chi connectivity index (χ2n) is 7.92. The van der Waals surface area contributed by atoms with Crippen LogP contribution >= 0.6 is 0 Å². The summed E-state index contributed by atoms with van der Waals surface area (Å²) in [6.45, 7) is 7.68. The molecule has 0 bridgehead atoms. The van der Waals surface area contributed by atoms with E-state index >= 15 is 0 Å². The van der Waals surface area contributed by atoms with Crippen LogP contribution in [-0.2, 0) is 23.2 Å². The summed E-state index contributed by atoms with van der Waals surface area (Å²) >= 11 is 0. The molecule has 2 aromatic carbocycles. The van der Waals surface area contributed by atoms with Gasteiger partial charge < -0.3 is 15.7 Å². The van der Waals surface area contributed by atoms with Gasteiger partial charge in [-0.05, 0) is 55.5 Å². The molecule has 0 radical (unpaired) electrons. The fourth-order valence-electron chi connectivity index (χ4n) is 3.31. The number of aliphatic hydroxyl groups excluding tert-OH is 1. The summed E-state index contributed by atoms with van der Waals surface area (Å²) in [7, 11) is 0. The fourth-order valence-corrected chi connectivity index (χ4v) is 3.31. The summed E-state index contributed by atoms with van der Waals surface area (Å²) in [5, 5.41) is 16.7. The van der Waals surface area contributed by atoms with E-state index in [0.717, 1.165) is 18.1 Å². The van der Waals surface area contributed by atoms with Crippen molar-refractivity contribution < 1.29 is 18.7 Å². The maximum atomic E-state index is 13.5. The Balaban J connectivity index is 2.10. The van der Waals surface area contributed by atoms with Gasteiger partial charge in [0.2, 0.25) is 5.91 Å². The predicted molar refractivity (Wildman–Crippen MR) is 111 cm³/mol. The Hall–Kier alpha value is -2.31. The van der Waals surface area contributed by atoms with Crippen molar-refractivity contribution in [3.63, 3.8) is 0 Å². The highest BCUT2D eigenvalue weighted by molar-refractivity contribution is 5.73. The Labute approximate surface area is 171 Å². The summed E-state index contributed by atoms with van der Waals surface area (Å²) < 4.78 is 27.0. The van der Waals surface area contributed by atoms with Gasteiger partial charge in [-0.2, -0.15) is 0 Å². The molecule has 0 fully saturated rings. The van der Waals surface area contributed by atoms with E-state index in [2.05, 4.69) is 29.7 Å². The van der Waals surface area contributed by atoms with E-state index in [1.807, 2.05) is 26.0 Å². The molecule has 2 atom stereocenters. The van der Waals surface area contributed by atoms with Crippen LogP contribution in [-0.4, -0.2) is 29.7 Å². The average Bonchev–Trinajstić information content (AvgIpc) is 2.64. The molecule has 0 spiro atoms. The minimum Gasteiger partial charge on any atom is -0.390 e. The monoisotopic (exact) mass is 404 g/mol. The van der Waals surface area contributed by atoms with Crippen molar-refractivity contribution in [3.8, 4) is 0 Å². The van der Waals surface area contributed by atoms with E-state index in [0.29, 0.717) is 5.56 Å². The number of halogens is 2. The number of benzene rings is 2. The molecule has 4 nitrogen and oxygen atoms in total. The van der Waals surface area contributed by atoms with Crippen LogP contribution in [0.1, 0.15) is 44.4 Å².